The predicted molar refractivity (Wildman–Crippen MR) is 106 cm³/mol. The zero-order valence-electron chi connectivity index (χ0n) is 16.5. The molecule has 0 radical (unpaired) electrons. The molecule has 2 aliphatic rings. The van der Waals surface area contributed by atoms with E-state index in [1.165, 1.54) is 37.3 Å². The third kappa shape index (κ3) is 3.71. The number of pyridine rings is 1. The van der Waals surface area contributed by atoms with E-state index >= 15 is 0 Å². The van der Waals surface area contributed by atoms with Gasteiger partial charge in [0.05, 0.1) is 5.52 Å². The molecule has 4 rings (SSSR count). The topological polar surface area (TPSA) is 42.0 Å². The van der Waals surface area contributed by atoms with Crippen molar-refractivity contribution in [2.75, 3.05) is 6.54 Å². The van der Waals surface area contributed by atoms with Gasteiger partial charge < -0.3 is 5.32 Å². The molecule has 2 saturated carbocycles. The molecule has 0 spiro atoms. The highest BCUT2D eigenvalue weighted by molar-refractivity contribution is 5.82. The second kappa shape index (κ2) is 6.88. The van der Waals surface area contributed by atoms with Gasteiger partial charge in [-0.1, -0.05) is 20.8 Å². The van der Waals surface area contributed by atoms with Gasteiger partial charge in [0.15, 0.2) is 0 Å². The summed E-state index contributed by atoms with van der Waals surface area (Å²) in [6, 6.07) is 6.97. The summed E-state index contributed by atoms with van der Waals surface area (Å²) in [4.78, 5) is 16.5. The highest BCUT2D eigenvalue weighted by Gasteiger charge is 2.42. The molecule has 27 heavy (non-hydrogen) atoms. The van der Waals surface area contributed by atoms with Crippen LogP contribution in [0, 0.1) is 29.0 Å². The van der Waals surface area contributed by atoms with E-state index in [0.29, 0.717) is 11.8 Å². The van der Waals surface area contributed by atoms with Gasteiger partial charge >= 0.3 is 0 Å². The molecule has 1 amide bonds. The highest BCUT2D eigenvalue weighted by Crippen LogP contribution is 2.53. The van der Waals surface area contributed by atoms with Crippen LogP contribution >= 0.6 is 0 Å². The lowest BCUT2D eigenvalue weighted by molar-refractivity contribution is -0.128. The van der Waals surface area contributed by atoms with Crippen molar-refractivity contribution < 1.29 is 9.18 Å². The fraction of sp³-hybridized carbons (Fsp3) is 0.565. The normalized spacial score (nSPS) is 27.7. The molecule has 2 fully saturated rings. The number of aromatic nitrogens is 1. The molecule has 144 valence electrons. The SMILES string of the molecule is CC(C)(C)C(=O)NCC1C[C@@H]2CC(c3ccnc4ccc(F)cc34)C[C@@H]2C1. The molecule has 3 nitrogen and oxygen atoms in total. The fourth-order valence-electron chi connectivity index (χ4n) is 5.16. The third-order valence-corrected chi connectivity index (χ3v) is 6.52. The van der Waals surface area contributed by atoms with Crippen LogP contribution in [0.15, 0.2) is 30.5 Å². The van der Waals surface area contributed by atoms with E-state index in [-0.39, 0.29) is 17.1 Å². The summed E-state index contributed by atoms with van der Waals surface area (Å²) in [6.07, 6.45) is 6.59. The Kier molecular flexibility index (Phi) is 4.69. The molecular weight excluding hydrogens is 339 g/mol. The van der Waals surface area contributed by atoms with Gasteiger partial charge in [0.25, 0.3) is 0 Å². The van der Waals surface area contributed by atoms with Crippen LogP contribution in [-0.2, 0) is 4.79 Å². The van der Waals surface area contributed by atoms with Gasteiger partial charge in [0, 0.05) is 23.5 Å². The van der Waals surface area contributed by atoms with Gasteiger partial charge in [0.2, 0.25) is 5.91 Å². The van der Waals surface area contributed by atoms with Crippen LogP contribution in [0.1, 0.15) is 57.9 Å². The minimum Gasteiger partial charge on any atom is -0.355 e. The number of benzene rings is 1. The van der Waals surface area contributed by atoms with Gasteiger partial charge in [-0.25, -0.2) is 4.39 Å². The summed E-state index contributed by atoms with van der Waals surface area (Å²) < 4.78 is 13.8. The van der Waals surface area contributed by atoms with Crippen molar-refractivity contribution in [1.82, 2.24) is 10.3 Å². The number of halogens is 1. The Morgan fingerprint density at radius 2 is 1.85 bits per heavy atom. The number of amides is 1. The van der Waals surface area contributed by atoms with Gasteiger partial charge in [-0.2, -0.15) is 0 Å². The van der Waals surface area contributed by atoms with Crippen LogP contribution in [0.2, 0.25) is 0 Å². The number of fused-ring (bicyclic) bond motifs is 2. The van der Waals surface area contributed by atoms with Crippen molar-refractivity contribution in [1.29, 1.82) is 0 Å². The number of nitrogens with zero attached hydrogens (tertiary/aromatic N) is 1. The van der Waals surface area contributed by atoms with Crippen molar-refractivity contribution in [2.24, 2.45) is 23.2 Å². The van der Waals surface area contributed by atoms with Gasteiger partial charge in [0.1, 0.15) is 5.82 Å². The van der Waals surface area contributed by atoms with E-state index in [1.807, 2.05) is 27.0 Å². The van der Waals surface area contributed by atoms with E-state index in [1.54, 1.807) is 12.1 Å². The minimum atomic E-state index is -0.322. The average Bonchev–Trinajstić information content (AvgIpc) is 3.16. The summed E-state index contributed by atoms with van der Waals surface area (Å²) in [7, 11) is 0. The summed E-state index contributed by atoms with van der Waals surface area (Å²) >= 11 is 0. The Hall–Kier alpha value is -1.97. The van der Waals surface area contributed by atoms with Crippen molar-refractivity contribution in [2.45, 2.75) is 52.4 Å². The average molecular weight is 368 g/mol. The van der Waals surface area contributed by atoms with Gasteiger partial charge in [-0.15, -0.1) is 0 Å². The minimum absolute atomic E-state index is 0.141. The lowest BCUT2D eigenvalue weighted by atomic mass is 9.90. The second-order valence-corrected chi connectivity index (χ2v) is 9.55. The van der Waals surface area contributed by atoms with E-state index < -0.39 is 0 Å². The Bertz CT molecular complexity index is 843. The van der Waals surface area contributed by atoms with Crippen LogP contribution in [0.25, 0.3) is 10.9 Å². The van der Waals surface area contributed by atoms with Crippen LogP contribution in [-0.4, -0.2) is 17.4 Å². The number of carbonyl (C=O) groups is 1. The third-order valence-electron chi connectivity index (χ3n) is 6.52. The molecule has 1 aromatic heterocycles. The number of rotatable bonds is 3. The van der Waals surface area contributed by atoms with Crippen LogP contribution in [0.4, 0.5) is 4.39 Å². The molecule has 2 aliphatic carbocycles. The molecule has 1 aromatic carbocycles. The van der Waals surface area contributed by atoms with Crippen LogP contribution in [0.3, 0.4) is 0 Å². The Balaban J connectivity index is 1.41. The molecule has 4 heteroatoms. The first kappa shape index (κ1) is 18.4. The molecule has 1 heterocycles. The molecule has 0 saturated heterocycles. The highest BCUT2D eigenvalue weighted by atomic mass is 19.1. The van der Waals surface area contributed by atoms with E-state index in [2.05, 4.69) is 16.4 Å². The Morgan fingerprint density at radius 3 is 2.52 bits per heavy atom. The summed E-state index contributed by atoms with van der Waals surface area (Å²) in [5.41, 5.74) is 1.82. The standard InChI is InChI=1S/C23H29FN2O/c1-23(2,3)22(27)26-13-14-8-15-10-17(11-16(15)9-14)19-6-7-25-21-5-4-18(24)12-20(19)21/h4-7,12,14-17H,8-11,13H2,1-3H3,(H,26,27)/t14?,15-,16+,17?. The molecule has 0 bridgehead atoms. The van der Waals surface area contributed by atoms with Crippen LogP contribution < -0.4 is 5.32 Å². The van der Waals surface area contributed by atoms with Crippen molar-refractivity contribution >= 4 is 16.8 Å². The smallest absolute Gasteiger partial charge is 0.225 e. The van der Waals surface area contributed by atoms with Crippen molar-refractivity contribution in [3.63, 3.8) is 0 Å². The second-order valence-electron chi connectivity index (χ2n) is 9.55. The van der Waals surface area contributed by atoms with Crippen molar-refractivity contribution in [3.8, 4) is 0 Å². The largest absolute Gasteiger partial charge is 0.355 e. The number of hydrogen-bond acceptors (Lipinski definition) is 2. The molecule has 0 aliphatic heterocycles. The quantitative estimate of drug-likeness (QED) is 0.823. The first-order valence-electron chi connectivity index (χ1n) is 10.1. The zero-order valence-corrected chi connectivity index (χ0v) is 16.5. The monoisotopic (exact) mass is 368 g/mol. The maximum Gasteiger partial charge on any atom is 0.225 e. The Morgan fingerprint density at radius 1 is 1.15 bits per heavy atom. The zero-order chi connectivity index (χ0) is 19.2. The first-order valence-corrected chi connectivity index (χ1v) is 10.1. The molecular formula is C23H29FN2O. The maximum atomic E-state index is 13.8. The number of carbonyl (C=O) groups excluding carboxylic acids is 1. The fourth-order valence-corrected chi connectivity index (χ4v) is 5.16. The van der Waals surface area contributed by atoms with E-state index in [4.69, 9.17) is 0 Å². The van der Waals surface area contributed by atoms with Gasteiger partial charge in [-0.3, -0.25) is 9.78 Å². The molecule has 2 unspecified atom stereocenters. The Labute approximate surface area is 160 Å². The lowest BCUT2D eigenvalue weighted by Gasteiger charge is -2.21. The van der Waals surface area contributed by atoms with Crippen LogP contribution in [0.5, 0.6) is 0 Å². The molecule has 4 atom stereocenters. The van der Waals surface area contributed by atoms with E-state index in [9.17, 15) is 9.18 Å². The first-order chi connectivity index (χ1) is 12.8. The maximum absolute atomic E-state index is 13.8. The summed E-state index contributed by atoms with van der Waals surface area (Å²) in [5.74, 6) is 2.50. The summed E-state index contributed by atoms with van der Waals surface area (Å²) in [6.45, 7) is 6.67. The van der Waals surface area contributed by atoms with E-state index in [0.717, 1.165) is 29.3 Å². The number of nitrogens with one attached hydrogen (secondary N) is 1. The number of hydrogen-bond donors (Lipinski definition) is 1. The predicted octanol–water partition coefficient (Wildman–Crippen LogP) is 5.06. The summed E-state index contributed by atoms with van der Waals surface area (Å²) in [5, 5.41) is 4.11. The van der Waals surface area contributed by atoms with Crippen molar-refractivity contribution in [3.05, 3.63) is 41.8 Å². The molecule has 2 aromatic rings. The van der Waals surface area contributed by atoms with Gasteiger partial charge in [-0.05, 0) is 79.2 Å². The lowest BCUT2D eigenvalue weighted by Crippen LogP contribution is -2.37. The molecule has 1 N–H and O–H groups in total.